The van der Waals surface area contributed by atoms with Crippen molar-refractivity contribution < 1.29 is 33.3 Å². The maximum atomic E-state index is 13.9. The second-order valence-electron chi connectivity index (χ2n) is 9.24. The molecular weight excluding hydrogens is 501 g/mol. The summed E-state index contributed by atoms with van der Waals surface area (Å²) in [6, 6.07) is 11.6. The summed E-state index contributed by atoms with van der Waals surface area (Å²) < 4.78 is 30.7. The highest BCUT2D eigenvalue weighted by Crippen LogP contribution is 2.45. The normalized spacial score (nSPS) is 12.0. The number of ether oxygens (including phenoxy) is 3. The Morgan fingerprint density at radius 1 is 1.10 bits per heavy atom. The topological polar surface area (TPSA) is 95.0 Å². The minimum Gasteiger partial charge on any atom is -0.493 e. The van der Waals surface area contributed by atoms with Crippen molar-refractivity contribution in [1.29, 1.82) is 0 Å². The van der Waals surface area contributed by atoms with Gasteiger partial charge in [-0.1, -0.05) is 38.1 Å². The van der Waals surface area contributed by atoms with E-state index in [1.807, 2.05) is 32.0 Å². The number of ketones is 1. The Balaban J connectivity index is 2.07. The van der Waals surface area contributed by atoms with Gasteiger partial charge in [0.1, 0.15) is 24.6 Å². The Kier molecular flexibility index (Phi) is 10.8. The van der Waals surface area contributed by atoms with E-state index in [9.17, 15) is 19.1 Å². The van der Waals surface area contributed by atoms with Gasteiger partial charge >= 0.3 is 5.97 Å². The number of carbonyl (C=O) groups is 2. The van der Waals surface area contributed by atoms with Crippen molar-refractivity contribution in [2.75, 3.05) is 13.7 Å². The highest BCUT2D eigenvalue weighted by atomic mass is 19.1. The smallest absolute Gasteiger partial charge is 0.313 e. The first-order chi connectivity index (χ1) is 18.7. The summed E-state index contributed by atoms with van der Waals surface area (Å²) in [5, 5.41) is 10.6. The Morgan fingerprint density at radius 3 is 2.41 bits per heavy atom. The lowest BCUT2D eigenvalue weighted by molar-refractivity contribution is -0.145. The van der Waals surface area contributed by atoms with Crippen molar-refractivity contribution in [2.24, 2.45) is 0 Å². The molecule has 3 aromatic rings. The van der Waals surface area contributed by atoms with Gasteiger partial charge in [0, 0.05) is 24.4 Å². The second-order valence-corrected chi connectivity index (χ2v) is 9.24. The van der Waals surface area contributed by atoms with Crippen LogP contribution in [0.5, 0.6) is 11.5 Å². The zero-order valence-corrected chi connectivity index (χ0v) is 22.6. The van der Waals surface area contributed by atoms with Crippen LogP contribution in [0.3, 0.4) is 0 Å². The summed E-state index contributed by atoms with van der Waals surface area (Å²) in [6.45, 7) is 6.13. The van der Waals surface area contributed by atoms with E-state index < -0.39 is 24.3 Å². The fourth-order valence-electron chi connectivity index (χ4n) is 4.12. The zero-order valence-electron chi connectivity index (χ0n) is 22.6. The summed E-state index contributed by atoms with van der Waals surface area (Å²) in [5.41, 5.74) is 3.89. The second kappa shape index (κ2) is 14.2. The molecular formula is C31H34FNO6. The number of aromatic nitrogens is 1. The number of aliphatic hydroxyl groups is 1. The van der Waals surface area contributed by atoms with Gasteiger partial charge in [-0.25, -0.2) is 4.39 Å². The van der Waals surface area contributed by atoms with Crippen LogP contribution in [0.1, 0.15) is 56.2 Å². The molecule has 206 valence electrons. The van der Waals surface area contributed by atoms with Crippen molar-refractivity contribution in [2.45, 2.75) is 52.2 Å². The van der Waals surface area contributed by atoms with Crippen LogP contribution < -0.4 is 9.47 Å². The molecule has 7 nitrogen and oxygen atoms in total. The predicted octanol–water partition coefficient (Wildman–Crippen LogP) is 5.89. The van der Waals surface area contributed by atoms with E-state index in [2.05, 4.69) is 4.98 Å². The molecule has 0 spiro atoms. The number of hydrogen-bond acceptors (Lipinski definition) is 7. The number of carbonyl (C=O) groups excluding carboxylic acids is 2. The summed E-state index contributed by atoms with van der Waals surface area (Å²) in [7, 11) is 1.56. The van der Waals surface area contributed by atoms with Crippen LogP contribution >= 0.6 is 0 Å². The maximum Gasteiger partial charge on any atom is 0.313 e. The molecule has 1 atom stereocenters. The van der Waals surface area contributed by atoms with Crippen molar-refractivity contribution in [1.82, 2.24) is 4.98 Å². The average molecular weight is 536 g/mol. The molecule has 0 aliphatic carbocycles. The van der Waals surface area contributed by atoms with Gasteiger partial charge in [0.25, 0.3) is 0 Å². The third-order valence-electron chi connectivity index (χ3n) is 5.99. The minimum atomic E-state index is -1.13. The van der Waals surface area contributed by atoms with Gasteiger partial charge in [0.15, 0.2) is 11.5 Å². The van der Waals surface area contributed by atoms with E-state index in [-0.39, 0.29) is 31.4 Å². The molecule has 8 heteroatoms. The molecule has 1 unspecified atom stereocenters. The van der Waals surface area contributed by atoms with E-state index in [1.54, 1.807) is 44.6 Å². The third-order valence-corrected chi connectivity index (χ3v) is 5.99. The number of methoxy groups -OCH3 is 1. The largest absolute Gasteiger partial charge is 0.493 e. The summed E-state index contributed by atoms with van der Waals surface area (Å²) in [5.74, 6) is -0.408. The number of rotatable bonds is 13. The Bertz CT molecular complexity index is 1290. The highest BCUT2D eigenvalue weighted by Gasteiger charge is 2.23. The Morgan fingerprint density at radius 2 is 1.79 bits per heavy atom. The van der Waals surface area contributed by atoms with E-state index >= 15 is 0 Å². The van der Waals surface area contributed by atoms with Crippen LogP contribution in [0.25, 0.3) is 17.2 Å². The van der Waals surface area contributed by atoms with E-state index in [4.69, 9.17) is 14.2 Å². The van der Waals surface area contributed by atoms with Crippen molar-refractivity contribution >= 4 is 17.8 Å². The molecule has 2 aromatic carbocycles. The monoisotopic (exact) mass is 535 g/mol. The molecule has 0 saturated heterocycles. The Labute approximate surface area is 228 Å². The van der Waals surface area contributed by atoms with E-state index in [0.29, 0.717) is 22.6 Å². The highest BCUT2D eigenvalue weighted by molar-refractivity contribution is 5.96. The van der Waals surface area contributed by atoms with Gasteiger partial charge in [-0.05, 0) is 65.4 Å². The van der Waals surface area contributed by atoms with Gasteiger partial charge < -0.3 is 19.3 Å². The van der Waals surface area contributed by atoms with Crippen LogP contribution in [0.15, 0.2) is 60.9 Å². The quantitative estimate of drug-likeness (QED) is 0.216. The van der Waals surface area contributed by atoms with Crippen molar-refractivity contribution in [3.05, 3.63) is 83.4 Å². The number of hydrogen-bond donors (Lipinski definition) is 1. The summed E-state index contributed by atoms with van der Waals surface area (Å²) >= 11 is 0. The number of aliphatic hydroxyl groups excluding tert-OH is 1. The molecule has 3 rings (SSSR count). The molecule has 1 aromatic heterocycles. The van der Waals surface area contributed by atoms with Gasteiger partial charge in [0.2, 0.25) is 0 Å². The van der Waals surface area contributed by atoms with Gasteiger partial charge in [-0.2, -0.15) is 0 Å². The first-order valence-electron chi connectivity index (χ1n) is 12.8. The number of nitrogens with zero attached hydrogens (tertiary/aromatic N) is 1. The van der Waals surface area contributed by atoms with Crippen LogP contribution in [0.2, 0.25) is 0 Å². The first kappa shape index (κ1) is 29.5. The third kappa shape index (κ3) is 8.22. The van der Waals surface area contributed by atoms with Crippen LogP contribution in [-0.4, -0.2) is 41.7 Å². The molecule has 1 heterocycles. The van der Waals surface area contributed by atoms with E-state index in [1.165, 1.54) is 18.2 Å². The SMILES string of the molecule is CCOC(=O)CC(=O)CC(O)C=Cc1c(C(C)C)cc(OC)c(OCc2ccncc2)c1-c1ccc(F)cc1. The number of benzene rings is 2. The molecule has 1 N–H and O–H groups in total. The molecule has 39 heavy (non-hydrogen) atoms. The van der Waals surface area contributed by atoms with Crippen molar-refractivity contribution in [3.8, 4) is 22.6 Å². The van der Waals surface area contributed by atoms with Crippen LogP contribution in [0.4, 0.5) is 4.39 Å². The fraction of sp³-hybridized carbons (Fsp3) is 0.323. The molecule has 0 aliphatic rings. The van der Waals surface area contributed by atoms with Crippen LogP contribution in [0, 0.1) is 5.82 Å². The first-order valence-corrected chi connectivity index (χ1v) is 12.8. The number of Topliss-reactive ketones (excluding diaryl/α,β-unsaturated/α-hetero) is 1. The van der Waals surface area contributed by atoms with Gasteiger partial charge in [-0.15, -0.1) is 0 Å². The zero-order chi connectivity index (χ0) is 28.4. The Hall–Kier alpha value is -4.04. The van der Waals surface area contributed by atoms with E-state index in [0.717, 1.165) is 16.7 Å². The standard InChI is InChI=1S/C31H34FNO6/c1-5-38-29(36)17-25(35)16-24(34)10-11-26-27(20(2)3)18-28(37-4)31(39-19-21-12-14-33-15-13-21)30(26)22-6-8-23(32)9-7-22/h6-15,18,20,24,34H,5,16-17,19H2,1-4H3. The molecule has 0 amide bonds. The lowest BCUT2D eigenvalue weighted by Gasteiger charge is -2.22. The predicted molar refractivity (Wildman–Crippen MR) is 147 cm³/mol. The lowest BCUT2D eigenvalue weighted by Crippen LogP contribution is -2.16. The maximum absolute atomic E-state index is 13.9. The van der Waals surface area contributed by atoms with Crippen LogP contribution in [-0.2, 0) is 20.9 Å². The molecule has 0 aliphatic heterocycles. The molecule has 0 fully saturated rings. The minimum absolute atomic E-state index is 0.0505. The molecule has 0 radical (unpaired) electrons. The van der Waals surface area contributed by atoms with Crippen molar-refractivity contribution in [3.63, 3.8) is 0 Å². The summed E-state index contributed by atoms with van der Waals surface area (Å²) in [4.78, 5) is 27.9. The lowest BCUT2D eigenvalue weighted by atomic mass is 9.88. The van der Waals surface area contributed by atoms with Gasteiger partial charge in [-0.3, -0.25) is 14.6 Å². The van der Waals surface area contributed by atoms with Gasteiger partial charge in [0.05, 0.1) is 19.8 Å². The number of esters is 1. The number of pyridine rings is 1. The molecule has 0 saturated carbocycles. The number of halogens is 1. The molecule has 0 bridgehead atoms. The average Bonchev–Trinajstić information content (AvgIpc) is 2.91. The fourth-order valence-corrected chi connectivity index (χ4v) is 4.12. The summed E-state index contributed by atoms with van der Waals surface area (Å²) in [6.07, 6.45) is 4.84.